The molecule has 1 aliphatic heterocycles. The second kappa shape index (κ2) is 10.8. The van der Waals surface area contributed by atoms with Crippen LogP contribution in [0.15, 0.2) is 53.4 Å². The maximum absolute atomic E-state index is 13.3. The van der Waals surface area contributed by atoms with Crippen molar-refractivity contribution >= 4 is 61.6 Å². The van der Waals surface area contributed by atoms with Crippen LogP contribution in [0.4, 0.5) is 15.5 Å². The van der Waals surface area contributed by atoms with Crippen molar-refractivity contribution in [3.8, 4) is 0 Å². The number of ether oxygens (including phenoxy) is 1. The average Bonchev–Trinajstić information content (AvgIpc) is 3.21. The number of amides is 3. The monoisotopic (exact) mass is 562 g/mol. The molecule has 13 heteroatoms. The molecule has 4 N–H and O–H groups in total. The first-order chi connectivity index (χ1) is 17.6. The number of para-hydroxylation sites is 1. The lowest BCUT2D eigenvalue weighted by Gasteiger charge is -2.26. The highest BCUT2D eigenvalue weighted by Crippen LogP contribution is 2.37. The summed E-state index contributed by atoms with van der Waals surface area (Å²) in [6, 6.07) is 11.7. The first-order valence-corrected chi connectivity index (χ1v) is 13.8. The van der Waals surface area contributed by atoms with Gasteiger partial charge in [0, 0.05) is 16.4 Å². The molecule has 0 spiro atoms. The van der Waals surface area contributed by atoms with Crippen LogP contribution in [0.5, 0.6) is 0 Å². The summed E-state index contributed by atoms with van der Waals surface area (Å²) >= 11 is 6.99. The zero-order valence-corrected chi connectivity index (χ0v) is 22.0. The Bertz CT molecular complexity index is 1470. The van der Waals surface area contributed by atoms with E-state index in [0.29, 0.717) is 28.4 Å². The molecule has 3 amide bonds. The summed E-state index contributed by atoms with van der Waals surface area (Å²) in [5.74, 6) is -1.35. The number of hydrogen-bond donors (Lipinski definition) is 3. The Kier molecular flexibility index (Phi) is 7.71. The molecule has 0 aliphatic carbocycles. The van der Waals surface area contributed by atoms with E-state index in [1.165, 1.54) is 41.3 Å². The molecule has 0 fully saturated rings. The van der Waals surface area contributed by atoms with Crippen LogP contribution in [0.2, 0.25) is 5.02 Å². The summed E-state index contributed by atoms with van der Waals surface area (Å²) in [5.41, 5.74) is 6.57. The molecule has 2 aromatic carbocycles. The highest BCUT2D eigenvalue weighted by atomic mass is 35.5. The van der Waals surface area contributed by atoms with Crippen molar-refractivity contribution in [1.82, 2.24) is 4.90 Å². The van der Waals surface area contributed by atoms with E-state index in [4.69, 9.17) is 22.1 Å². The molecule has 0 saturated carbocycles. The third-order valence-electron chi connectivity index (χ3n) is 5.60. The quantitative estimate of drug-likeness (QED) is 0.395. The van der Waals surface area contributed by atoms with Crippen LogP contribution in [-0.2, 0) is 27.7 Å². The molecule has 4 rings (SSSR count). The third kappa shape index (κ3) is 5.71. The summed E-state index contributed by atoms with van der Waals surface area (Å²) in [5, 5.41) is 3.31. The second-order valence-electron chi connectivity index (χ2n) is 8.00. The topological polar surface area (TPSA) is 148 Å². The van der Waals surface area contributed by atoms with Crippen molar-refractivity contribution < 1.29 is 27.5 Å². The number of primary amides is 1. The molecule has 194 valence electrons. The van der Waals surface area contributed by atoms with E-state index in [9.17, 15) is 22.8 Å². The van der Waals surface area contributed by atoms with Crippen molar-refractivity contribution in [2.45, 2.75) is 24.8 Å². The fourth-order valence-corrected chi connectivity index (χ4v) is 6.35. The minimum Gasteiger partial charge on any atom is -0.450 e. The van der Waals surface area contributed by atoms with Crippen LogP contribution in [0.1, 0.15) is 38.1 Å². The minimum atomic E-state index is -4.01. The molecule has 10 nitrogen and oxygen atoms in total. The molecule has 37 heavy (non-hydrogen) atoms. The summed E-state index contributed by atoms with van der Waals surface area (Å²) in [6.45, 7) is 2.50. The van der Waals surface area contributed by atoms with Gasteiger partial charge in [-0.1, -0.05) is 23.7 Å². The fraction of sp³-hybridized carbons (Fsp3) is 0.208. The van der Waals surface area contributed by atoms with Crippen LogP contribution in [0.25, 0.3) is 0 Å². The van der Waals surface area contributed by atoms with Gasteiger partial charge in [-0.3, -0.25) is 14.3 Å². The SMILES string of the molecule is CCOC(=O)N1CCc2c(sc(NC(=O)c3ccccc3NS(=O)(=O)c3ccc(Cl)cc3)c2C(N)=O)C1. The number of rotatable bonds is 7. The van der Waals surface area contributed by atoms with Crippen molar-refractivity contribution in [2.24, 2.45) is 5.73 Å². The van der Waals surface area contributed by atoms with E-state index < -0.39 is 27.9 Å². The molecule has 1 aliphatic rings. The van der Waals surface area contributed by atoms with Crippen LogP contribution >= 0.6 is 22.9 Å². The number of nitrogens with zero attached hydrogens (tertiary/aromatic N) is 1. The van der Waals surface area contributed by atoms with Gasteiger partial charge in [-0.2, -0.15) is 0 Å². The van der Waals surface area contributed by atoms with Gasteiger partial charge in [0.2, 0.25) is 0 Å². The Balaban J connectivity index is 1.60. The second-order valence-corrected chi connectivity index (χ2v) is 11.2. The number of anilines is 2. The largest absolute Gasteiger partial charge is 0.450 e. The molecule has 0 radical (unpaired) electrons. The van der Waals surface area contributed by atoms with Crippen molar-refractivity contribution in [3.63, 3.8) is 0 Å². The first kappa shape index (κ1) is 26.5. The number of nitrogens with one attached hydrogen (secondary N) is 2. The van der Waals surface area contributed by atoms with E-state index in [1.54, 1.807) is 19.1 Å². The predicted octanol–water partition coefficient (Wildman–Crippen LogP) is 4.07. The zero-order valence-electron chi connectivity index (χ0n) is 19.6. The predicted molar refractivity (Wildman–Crippen MR) is 141 cm³/mol. The highest BCUT2D eigenvalue weighted by molar-refractivity contribution is 7.92. The van der Waals surface area contributed by atoms with E-state index >= 15 is 0 Å². The van der Waals surface area contributed by atoms with Crippen LogP contribution in [0.3, 0.4) is 0 Å². The standard InChI is InChI=1S/C24H23ClN4O6S2/c1-2-35-24(32)29-12-11-17-19(13-29)36-23(20(17)21(26)30)27-22(31)16-5-3-4-6-18(16)28-37(33,34)15-9-7-14(25)8-10-15/h3-10,28H,2,11-13H2,1H3,(H2,26,30)(H,27,31). The molecular weight excluding hydrogens is 540 g/mol. The van der Waals surface area contributed by atoms with Crippen molar-refractivity contribution in [3.05, 3.63) is 75.1 Å². The zero-order chi connectivity index (χ0) is 26.7. The van der Waals surface area contributed by atoms with Gasteiger partial charge in [-0.25, -0.2) is 13.2 Å². The molecule has 0 saturated heterocycles. The highest BCUT2D eigenvalue weighted by Gasteiger charge is 2.30. The van der Waals surface area contributed by atoms with E-state index in [1.807, 2.05) is 0 Å². The maximum Gasteiger partial charge on any atom is 0.410 e. The van der Waals surface area contributed by atoms with E-state index in [2.05, 4.69) is 10.0 Å². The maximum atomic E-state index is 13.3. The number of nitrogens with two attached hydrogens (primary N) is 1. The summed E-state index contributed by atoms with van der Waals surface area (Å²) in [4.78, 5) is 39.9. The Hall–Kier alpha value is -3.61. The molecule has 1 aromatic heterocycles. The van der Waals surface area contributed by atoms with E-state index in [-0.39, 0.29) is 39.9 Å². The molecule has 3 aromatic rings. The lowest BCUT2D eigenvalue weighted by atomic mass is 10.0. The molecule has 0 bridgehead atoms. The van der Waals surface area contributed by atoms with Crippen LogP contribution in [0, 0.1) is 0 Å². The lowest BCUT2D eigenvalue weighted by Crippen LogP contribution is -2.36. The number of hydrogen-bond acceptors (Lipinski definition) is 7. The number of benzene rings is 2. The number of halogens is 1. The smallest absolute Gasteiger partial charge is 0.410 e. The van der Waals surface area contributed by atoms with Gasteiger partial charge in [-0.05, 0) is 55.3 Å². The Morgan fingerprint density at radius 2 is 1.84 bits per heavy atom. The average molecular weight is 563 g/mol. The van der Waals surface area contributed by atoms with Gasteiger partial charge in [0.15, 0.2) is 0 Å². The van der Waals surface area contributed by atoms with Crippen LogP contribution in [-0.4, -0.2) is 44.4 Å². The van der Waals surface area contributed by atoms with Crippen molar-refractivity contribution in [1.29, 1.82) is 0 Å². The molecule has 2 heterocycles. The number of carbonyl (C=O) groups excluding carboxylic acids is 3. The van der Waals surface area contributed by atoms with Gasteiger partial charge in [0.1, 0.15) is 5.00 Å². The van der Waals surface area contributed by atoms with Gasteiger partial charge in [-0.15, -0.1) is 11.3 Å². The van der Waals surface area contributed by atoms with Crippen LogP contribution < -0.4 is 15.8 Å². The number of sulfonamides is 1. The number of fused-ring (bicyclic) bond motifs is 1. The number of carbonyl (C=O) groups is 3. The van der Waals surface area contributed by atoms with E-state index in [0.717, 1.165) is 11.3 Å². The summed E-state index contributed by atoms with van der Waals surface area (Å²) < 4.78 is 33.2. The Morgan fingerprint density at radius 3 is 2.51 bits per heavy atom. The third-order valence-corrected chi connectivity index (χ3v) is 8.36. The molecular formula is C24H23ClN4O6S2. The number of thiophene rings is 1. The normalized spacial score (nSPS) is 13.0. The minimum absolute atomic E-state index is 0.0276. The molecule has 0 atom stereocenters. The van der Waals surface area contributed by atoms with Crippen molar-refractivity contribution in [2.75, 3.05) is 23.2 Å². The van der Waals surface area contributed by atoms with Gasteiger partial charge in [0.05, 0.1) is 34.9 Å². The summed E-state index contributed by atoms with van der Waals surface area (Å²) in [6.07, 6.45) is -0.0920. The lowest BCUT2D eigenvalue weighted by molar-refractivity contribution is 0.0997. The van der Waals surface area contributed by atoms with Gasteiger partial charge in [0.25, 0.3) is 21.8 Å². The Morgan fingerprint density at radius 1 is 1.14 bits per heavy atom. The first-order valence-electron chi connectivity index (χ1n) is 11.2. The fourth-order valence-electron chi connectivity index (χ4n) is 3.88. The van der Waals surface area contributed by atoms with Gasteiger partial charge >= 0.3 is 6.09 Å². The molecule has 0 unspecified atom stereocenters. The Labute approximate surface area is 222 Å². The summed E-state index contributed by atoms with van der Waals surface area (Å²) in [7, 11) is -4.01. The van der Waals surface area contributed by atoms with Gasteiger partial charge < -0.3 is 20.7 Å².